The van der Waals surface area contributed by atoms with E-state index in [9.17, 15) is 0 Å². The summed E-state index contributed by atoms with van der Waals surface area (Å²) in [5.74, 6) is 0. The summed E-state index contributed by atoms with van der Waals surface area (Å²) in [5, 5.41) is 17.5. The smallest absolute Gasteiger partial charge is 0.0821 e. The van der Waals surface area contributed by atoms with Crippen molar-refractivity contribution in [2.75, 3.05) is 7.05 Å². The Morgan fingerprint density at radius 1 is 1.46 bits per heavy atom. The van der Waals surface area contributed by atoms with E-state index in [2.05, 4.69) is 10.2 Å². The molecule has 0 atom stereocenters. The average molecular weight is 181 g/mol. The Morgan fingerprint density at radius 2 is 2.23 bits per heavy atom. The lowest BCUT2D eigenvalue weighted by atomic mass is 9.96. The van der Waals surface area contributed by atoms with E-state index >= 15 is 0 Å². The minimum atomic E-state index is 0.520. The second kappa shape index (κ2) is 3.47. The number of hydroxylamine groups is 2. The fourth-order valence-corrected chi connectivity index (χ4v) is 1.90. The first-order chi connectivity index (χ1) is 6.27. The highest BCUT2D eigenvalue weighted by molar-refractivity contribution is 5.27. The van der Waals surface area contributed by atoms with Crippen LogP contribution < -0.4 is 0 Å². The number of nitrogens with one attached hydrogen (secondary N) is 1. The van der Waals surface area contributed by atoms with Gasteiger partial charge in [-0.3, -0.25) is 5.10 Å². The van der Waals surface area contributed by atoms with Crippen LogP contribution in [-0.2, 0) is 19.4 Å². The lowest BCUT2D eigenvalue weighted by Gasteiger charge is -2.12. The van der Waals surface area contributed by atoms with Gasteiger partial charge >= 0.3 is 0 Å². The Labute approximate surface area is 77.5 Å². The third-order valence-electron chi connectivity index (χ3n) is 2.52. The van der Waals surface area contributed by atoms with Gasteiger partial charge in [0, 0.05) is 12.7 Å². The summed E-state index contributed by atoms with van der Waals surface area (Å²) >= 11 is 0. The van der Waals surface area contributed by atoms with Gasteiger partial charge in [0.2, 0.25) is 0 Å². The molecule has 1 aliphatic rings. The maximum Gasteiger partial charge on any atom is 0.0821 e. The summed E-state index contributed by atoms with van der Waals surface area (Å²) in [4.78, 5) is 0. The molecule has 0 saturated heterocycles. The molecule has 2 N–H and O–H groups in total. The standard InChI is InChI=1S/C9H15N3O/c1-12(13)6-9-7-4-2-3-5-8(7)10-11-9/h13H,2-6H2,1H3,(H,10,11). The zero-order chi connectivity index (χ0) is 9.26. The van der Waals surface area contributed by atoms with E-state index in [1.807, 2.05) is 0 Å². The molecule has 13 heavy (non-hydrogen) atoms. The number of aromatic nitrogens is 2. The quantitative estimate of drug-likeness (QED) is 0.672. The van der Waals surface area contributed by atoms with Crippen molar-refractivity contribution in [1.29, 1.82) is 0 Å². The largest absolute Gasteiger partial charge is 0.314 e. The van der Waals surface area contributed by atoms with E-state index < -0.39 is 0 Å². The molecule has 4 nitrogen and oxygen atoms in total. The molecule has 0 bridgehead atoms. The summed E-state index contributed by atoms with van der Waals surface area (Å²) < 4.78 is 0. The average Bonchev–Trinajstić information content (AvgIpc) is 2.48. The topological polar surface area (TPSA) is 52.1 Å². The zero-order valence-corrected chi connectivity index (χ0v) is 7.88. The minimum absolute atomic E-state index is 0.520. The monoisotopic (exact) mass is 181 g/mol. The molecule has 0 radical (unpaired) electrons. The van der Waals surface area contributed by atoms with Gasteiger partial charge in [0.1, 0.15) is 0 Å². The minimum Gasteiger partial charge on any atom is -0.314 e. The van der Waals surface area contributed by atoms with Gasteiger partial charge in [-0.05, 0) is 31.2 Å². The normalized spacial score (nSPS) is 16.2. The summed E-state index contributed by atoms with van der Waals surface area (Å²) in [7, 11) is 1.64. The summed E-state index contributed by atoms with van der Waals surface area (Å²) in [6, 6.07) is 0. The highest BCUT2D eigenvalue weighted by Crippen LogP contribution is 2.22. The fraction of sp³-hybridized carbons (Fsp3) is 0.667. The van der Waals surface area contributed by atoms with Crippen LogP contribution in [0.5, 0.6) is 0 Å². The van der Waals surface area contributed by atoms with Gasteiger partial charge in [0.15, 0.2) is 0 Å². The van der Waals surface area contributed by atoms with Crippen molar-refractivity contribution in [1.82, 2.24) is 15.3 Å². The Kier molecular flexibility index (Phi) is 2.33. The molecule has 1 aromatic heterocycles. The van der Waals surface area contributed by atoms with Crippen molar-refractivity contribution >= 4 is 0 Å². The van der Waals surface area contributed by atoms with Crippen molar-refractivity contribution in [2.24, 2.45) is 0 Å². The molecule has 0 fully saturated rings. The molecular weight excluding hydrogens is 166 g/mol. The number of fused-ring (bicyclic) bond motifs is 1. The highest BCUT2D eigenvalue weighted by Gasteiger charge is 2.16. The lowest BCUT2D eigenvalue weighted by Crippen LogP contribution is -2.14. The maximum absolute atomic E-state index is 9.11. The van der Waals surface area contributed by atoms with Crippen molar-refractivity contribution in [3.63, 3.8) is 0 Å². The van der Waals surface area contributed by atoms with Crippen molar-refractivity contribution in [3.05, 3.63) is 17.0 Å². The highest BCUT2D eigenvalue weighted by atomic mass is 16.5. The van der Waals surface area contributed by atoms with Gasteiger partial charge in [-0.2, -0.15) is 10.2 Å². The van der Waals surface area contributed by atoms with E-state index in [-0.39, 0.29) is 0 Å². The predicted octanol–water partition coefficient (Wildman–Crippen LogP) is 1.11. The third-order valence-corrected chi connectivity index (χ3v) is 2.52. The molecule has 0 spiro atoms. The second-order valence-electron chi connectivity index (χ2n) is 3.65. The van der Waals surface area contributed by atoms with E-state index in [0.717, 1.165) is 18.5 Å². The molecule has 0 aromatic carbocycles. The van der Waals surface area contributed by atoms with Gasteiger partial charge in [-0.1, -0.05) is 0 Å². The number of hydrogen-bond acceptors (Lipinski definition) is 3. The Morgan fingerprint density at radius 3 is 3.00 bits per heavy atom. The third kappa shape index (κ3) is 1.73. The summed E-state index contributed by atoms with van der Waals surface area (Å²) in [6.45, 7) is 0.520. The molecule has 1 heterocycles. The molecule has 0 unspecified atom stereocenters. The zero-order valence-electron chi connectivity index (χ0n) is 7.88. The van der Waals surface area contributed by atoms with Crippen LogP contribution in [0.4, 0.5) is 0 Å². The van der Waals surface area contributed by atoms with Crippen LogP contribution in [-0.4, -0.2) is 27.5 Å². The van der Waals surface area contributed by atoms with Crippen LogP contribution in [0.1, 0.15) is 29.8 Å². The van der Waals surface area contributed by atoms with Gasteiger partial charge in [-0.25, -0.2) is 0 Å². The summed E-state index contributed by atoms with van der Waals surface area (Å²) in [5.41, 5.74) is 3.59. The number of nitrogens with zero attached hydrogens (tertiary/aromatic N) is 2. The maximum atomic E-state index is 9.11. The van der Waals surface area contributed by atoms with Gasteiger partial charge < -0.3 is 5.21 Å². The molecule has 1 aliphatic carbocycles. The van der Waals surface area contributed by atoms with Crippen LogP contribution >= 0.6 is 0 Å². The van der Waals surface area contributed by atoms with Crippen LogP contribution in [0.2, 0.25) is 0 Å². The molecule has 2 rings (SSSR count). The SMILES string of the molecule is CN(O)Cc1n[nH]c2c1CCCC2. The Bertz CT molecular complexity index is 293. The van der Waals surface area contributed by atoms with Gasteiger partial charge in [-0.15, -0.1) is 0 Å². The van der Waals surface area contributed by atoms with E-state index in [1.165, 1.54) is 29.2 Å². The van der Waals surface area contributed by atoms with E-state index in [0.29, 0.717) is 6.54 Å². The van der Waals surface area contributed by atoms with Crippen LogP contribution in [0.25, 0.3) is 0 Å². The first kappa shape index (κ1) is 8.72. The van der Waals surface area contributed by atoms with E-state index in [1.54, 1.807) is 7.05 Å². The Hall–Kier alpha value is -0.870. The summed E-state index contributed by atoms with van der Waals surface area (Å²) in [6.07, 6.45) is 4.71. The van der Waals surface area contributed by atoms with Crippen LogP contribution in [0.3, 0.4) is 0 Å². The number of H-pyrrole nitrogens is 1. The molecule has 0 saturated carbocycles. The van der Waals surface area contributed by atoms with Crippen molar-refractivity contribution in [3.8, 4) is 0 Å². The Balaban J connectivity index is 2.21. The van der Waals surface area contributed by atoms with Crippen LogP contribution in [0.15, 0.2) is 0 Å². The second-order valence-corrected chi connectivity index (χ2v) is 3.65. The number of hydrogen-bond donors (Lipinski definition) is 2. The molecule has 4 heteroatoms. The molecule has 1 aromatic rings. The lowest BCUT2D eigenvalue weighted by molar-refractivity contribution is -0.0742. The van der Waals surface area contributed by atoms with Crippen molar-refractivity contribution in [2.45, 2.75) is 32.2 Å². The molecule has 0 amide bonds. The number of aromatic amines is 1. The molecular formula is C9H15N3O. The molecule has 0 aliphatic heterocycles. The number of rotatable bonds is 2. The van der Waals surface area contributed by atoms with Crippen molar-refractivity contribution < 1.29 is 5.21 Å². The van der Waals surface area contributed by atoms with Crippen LogP contribution in [0, 0.1) is 0 Å². The molecule has 72 valence electrons. The predicted molar refractivity (Wildman–Crippen MR) is 48.5 cm³/mol. The first-order valence-electron chi connectivity index (χ1n) is 4.72. The number of aryl methyl sites for hydroxylation is 1. The first-order valence-corrected chi connectivity index (χ1v) is 4.72. The van der Waals surface area contributed by atoms with Gasteiger partial charge in [0.05, 0.1) is 12.2 Å². The fourth-order valence-electron chi connectivity index (χ4n) is 1.90. The van der Waals surface area contributed by atoms with E-state index in [4.69, 9.17) is 5.21 Å². The van der Waals surface area contributed by atoms with Gasteiger partial charge in [0.25, 0.3) is 0 Å².